The second kappa shape index (κ2) is 8.40. The molecule has 1 aliphatic heterocycles. The molecule has 0 bridgehead atoms. The summed E-state index contributed by atoms with van der Waals surface area (Å²) in [6.07, 6.45) is 8.20. The lowest BCUT2D eigenvalue weighted by Crippen LogP contribution is -2.47. The highest BCUT2D eigenvalue weighted by Crippen LogP contribution is 2.45. The van der Waals surface area contributed by atoms with Gasteiger partial charge in [-0.05, 0) is 55.7 Å². The molecule has 2 N–H and O–H groups in total. The van der Waals surface area contributed by atoms with E-state index in [0.29, 0.717) is 28.5 Å². The predicted octanol–water partition coefficient (Wildman–Crippen LogP) is 1.90. The summed E-state index contributed by atoms with van der Waals surface area (Å²) in [5.41, 5.74) is 7.00. The van der Waals surface area contributed by atoms with Gasteiger partial charge < -0.3 is 4.90 Å². The van der Waals surface area contributed by atoms with E-state index in [0.717, 1.165) is 23.3 Å². The van der Waals surface area contributed by atoms with Crippen LogP contribution in [0.15, 0.2) is 55.1 Å². The highest BCUT2D eigenvalue weighted by Gasteiger charge is 2.42. The van der Waals surface area contributed by atoms with Gasteiger partial charge in [-0.2, -0.15) is 0 Å². The number of carbonyl (C=O) groups excluding carboxylic acids is 3. The zero-order chi connectivity index (χ0) is 22.9. The van der Waals surface area contributed by atoms with E-state index in [-0.39, 0.29) is 12.6 Å². The van der Waals surface area contributed by atoms with Crippen molar-refractivity contribution < 1.29 is 14.4 Å². The lowest BCUT2D eigenvalue weighted by atomic mass is 10.2. The summed E-state index contributed by atoms with van der Waals surface area (Å²) in [4.78, 5) is 55.1. The smallest absolute Gasteiger partial charge is 0.268 e. The zero-order valence-electron chi connectivity index (χ0n) is 17.9. The molecule has 1 fully saturated rings. The fourth-order valence-electron chi connectivity index (χ4n) is 3.84. The first kappa shape index (κ1) is 20.7. The number of nitrogens with one attached hydrogen (secondary N) is 2. The first-order valence-electron chi connectivity index (χ1n) is 10.6. The summed E-state index contributed by atoms with van der Waals surface area (Å²) >= 11 is 0. The zero-order valence-corrected chi connectivity index (χ0v) is 17.9. The van der Waals surface area contributed by atoms with Gasteiger partial charge in [-0.15, -0.1) is 0 Å². The summed E-state index contributed by atoms with van der Waals surface area (Å²) < 4.78 is 0. The third-order valence-electron chi connectivity index (χ3n) is 5.55. The summed E-state index contributed by atoms with van der Waals surface area (Å²) in [6, 6.07) is 8.39. The lowest BCUT2D eigenvalue weighted by molar-refractivity contribution is -0.117. The Morgan fingerprint density at radius 2 is 1.79 bits per heavy atom. The van der Waals surface area contributed by atoms with Crippen molar-refractivity contribution in [2.24, 2.45) is 0 Å². The second-order valence-electron chi connectivity index (χ2n) is 7.85. The van der Waals surface area contributed by atoms with Gasteiger partial charge in [0.2, 0.25) is 5.91 Å². The molecule has 0 unspecified atom stereocenters. The predicted molar refractivity (Wildman–Crippen MR) is 120 cm³/mol. The minimum absolute atomic E-state index is 0.173. The van der Waals surface area contributed by atoms with Crippen LogP contribution < -0.4 is 20.7 Å². The maximum atomic E-state index is 13.6. The van der Waals surface area contributed by atoms with Gasteiger partial charge in [0, 0.05) is 36.4 Å². The molecule has 2 aliphatic rings. The van der Waals surface area contributed by atoms with E-state index in [1.807, 2.05) is 11.8 Å². The minimum Gasteiger partial charge on any atom is -0.305 e. The molecule has 3 aromatic heterocycles. The molecule has 10 nitrogen and oxygen atoms in total. The number of pyridine rings is 3. The molecule has 1 aliphatic carbocycles. The van der Waals surface area contributed by atoms with E-state index < -0.39 is 17.7 Å². The third-order valence-corrected chi connectivity index (χ3v) is 5.55. The Labute approximate surface area is 189 Å². The molecule has 5 rings (SSSR count). The van der Waals surface area contributed by atoms with Crippen molar-refractivity contribution in [1.82, 2.24) is 25.8 Å². The van der Waals surface area contributed by atoms with Crippen molar-refractivity contribution in [2.75, 3.05) is 16.3 Å². The van der Waals surface area contributed by atoms with Crippen LogP contribution in [0.25, 0.3) is 0 Å². The van der Waals surface area contributed by atoms with Crippen molar-refractivity contribution in [3.8, 4) is 0 Å². The number of aryl methyl sites for hydroxylation is 1. The number of aromatic nitrogens is 3. The van der Waals surface area contributed by atoms with Gasteiger partial charge in [-0.3, -0.25) is 24.8 Å². The molecular formula is C23H21N7O3. The van der Waals surface area contributed by atoms with E-state index in [2.05, 4.69) is 25.8 Å². The van der Waals surface area contributed by atoms with E-state index in [9.17, 15) is 14.4 Å². The van der Waals surface area contributed by atoms with Crippen molar-refractivity contribution in [2.45, 2.75) is 25.8 Å². The van der Waals surface area contributed by atoms with Crippen LogP contribution in [0.4, 0.5) is 17.3 Å². The van der Waals surface area contributed by atoms with Gasteiger partial charge >= 0.3 is 0 Å². The van der Waals surface area contributed by atoms with Crippen molar-refractivity contribution in [1.29, 1.82) is 0 Å². The van der Waals surface area contributed by atoms with Crippen LogP contribution in [0.5, 0.6) is 0 Å². The molecule has 0 spiro atoms. The number of amides is 3. The molecule has 33 heavy (non-hydrogen) atoms. The van der Waals surface area contributed by atoms with Crippen LogP contribution in [-0.4, -0.2) is 45.3 Å². The second-order valence-corrected chi connectivity index (χ2v) is 7.85. The average Bonchev–Trinajstić information content (AvgIpc) is 3.67. The summed E-state index contributed by atoms with van der Waals surface area (Å²) in [6.45, 7) is 1.54. The van der Waals surface area contributed by atoms with E-state index in [1.165, 1.54) is 12.4 Å². The summed E-state index contributed by atoms with van der Waals surface area (Å²) in [5, 5.41) is 0. The Hall–Kier alpha value is -4.18. The SMILES string of the molecule is Cc1ccnc2c1N(C(=O)CNNC(=O)c1ccncc1)C(=O)c1cccnc1N2C1CC1. The number of imide groups is 1. The average molecular weight is 443 g/mol. The topological polar surface area (TPSA) is 120 Å². The Bertz CT molecular complexity index is 1240. The number of hydrazine groups is 1. The molecule has 0 aromatic carbocycles. The number of carbonyl (C=O) groups is 3. The molecule has 0 atom stereocenters. The monoisotopic (exact) mass is 443 g/mol. The first-order chi connectivity index (χ1) is 16.1. The molecule has 3 aromatic rings. The largest absolute Gasteiger partial charge is 0.305 e. The number of anilines is 3. The summed E-state index contributed by atoms with van der Waals surface area (Å²) in [5.74, 6) is -0.401. The molecule has 1 saturated carbocycles. The fraction of sp³-hybridized carbons (Fsp3) is 0.217. The minimum atomic E-state index is -0.528. The van der Waals surface area contributed by atoms with Gasteiger partial charge in [-0.1, -0.05) is 0 Å². The van der Waals surface area contributed by atoms with Crippen LogP contribution in [0.2, 0.25) is 0 Å². The number of hydrogen-bond donors (Lipinski definition) is 2. The van der Waals surface area contributed by atoms with Crippen LogP contribution in [0.3, 0.4) is 0 Å². The molecule has 10 heteroatoms. The molecule has 166 valence electrons. The van der Waals surface area contributed by atoms with Crippen molar-refractivity contribution in [3.05, 3.63) is 71.8 Å². The van der Waals surface area contributed by atoms with Crippen LogP contribution in [-0.2, 0) is 4.79 Å². The van der Waals surface area contributed by atoms with E-state index in [4.69, 9.17) is 0 Å². The quantitative estimate of drug-likeness (QED) is 0.574. The van der Waals surface area contributed by atoms with Gasteiger partial charge in [0.15, 0.2) is 5.82 Å². The highest BCUT2D eigenvalue weighted by molar-refractivity contribution is 6.26. The van der Waals surface area contributed by atoms with Crippen LogP contribution >= 0.6 is 0 Å². The third kappa shape index (κ3) is 3.80. The molecule has 3 amide bonds. The first-order valence-corrected chi connectivity index (χ1v) is 10.6. The Balaban J connectivity index is 1.46. The van der Waals surface area contributed by atoms with Gasteiger partial charge in [0.05, 0.1) is 17.8 Å². The molecular weight excluding hydrogens is 422 g/mol. The number of fused-ring (bicyclic) bond motifs is 2. The Morgan fingerprint density at radius 1 is 1.03 bits per heavy atom. The van der Waals surface area contributed by atoms with Crippen LogP contribution in [0, 0.1) is 6.92 Å². The van der Waals surface area contributed by atoms with Crippen molar-refractivity contribution in [3.63, 3.8) is 0 Å². The molecule has 4 heterocycles. The summed E-state index contributed by atoms with van der Waals surface area (Å²) in [7, 11) is 0. The Kier molecular flexibility index (Phi) is 5.27. The van der Waals surface area contributed by atoms with Crippen molar-refractivity contribution >= 4 is 35.0 Å². The number of rotatable bonds is 5. The van der Waals surface area contributed by atoms with E-state index in [1.54, 1.807) is 42.7 Å². The van der Waals surface area contributed by atoms with Gasteiger partial charge in [0.1, 0.15) is 5.82 Å². The molecule has 0 saturated heterocycles. The molecule has 0 radical (unpaired) electrons. The fourth-order valence-corrected chi connectivity index (χ4v) is 3.84. The van der Waals surface area contributed by atoms with Crippen LogP contribution in [0.1, 0.15) is 39.1 Å². The number of hydrogen-bond acceptors (Lipinski definition) is 8. The van der Waals surface area contributed by atoms with Gasteiger partial charge in [0.25, 0.3) is 11.8 Å². The Morgan fingerprint density at radius 3 is 2.55 bits per heavy atom. The maximum absolute atomic E-state index is 13.6. The van der Waals surface area contributed by atoms with Gasteiger partial charge in [-0.25, -0.2) is 20.3 Å². The maximum Gasteiger partial charge on any atom is 0.268 e. The van der Waals surface area contributed by atoms with E-state index >= 15 is 0 Å². The lowest BCUT2D eigenvalue weighted by Gasteiger charge is -2.26. The number of nitrogens with zero attached hydrogens (tertiary/aromatic N) is 5. The normalized spacial score (nSPS) is 14.9. The standard InChI is InChI=1S/C23H21N7O3/c1-14-6-12-26-21-19(14)30(18(31)13-27-28-22(32)15-7-10-24-11-8-15)23(33)17-3-2-9-25-20(17)29(21)16-4-5-16/h2-3,6-12,16,27H,4-5,13H2,1H3,(H,28,32). The highest BCUT2D eigenvalue weighted by atomic mass is 16.2.